The predicted octanol–water partition coefficient (Wildman–Crippen LogP) is 9.40. The second-order valence-electron chi connectivity index (χ2n) is 9.72. The second-order valence-corrected chi connectivity index (χ2v) is 23.8. The molecule has 0 saturated heterocycles. The van der Waals surface area contributed by atoms with Crippen molar-refractivity contribution < 1.29 is 54.5 Å². The Morgan fingerprint density at radius 2 is 0.511 bits per heavy atom. The third-order valence-corrected chi connectivity index (χ3v) is 21.3. The van der Waals surface area contributed by atoms with Crippen LogP contribution in [0.4, 0.5) is 0 Å². The fourth-order valence-corrected chi connectivity index (χ4v) is 20.2. The molecule has 272 valence electrons. The summed E-state index contributed by atoms with van der Waals surface area (Å²) in [7, 11) is -14.3. The molecule has 0 heterocycles. The molecule has 0 rings (SSSR count). The molecule has 45 heavy (non-hydrogen) atoms. The minimum absolute atomic E-state index is 0.292. The third kappa shape index (κ3) is 21.3. The molecule has 0 amide bonds. The van der Waals surface area contributed by atoms with Gasteiger partial charge in [-0.1, -0.05) is 0 Å². The van der Waals surface area contributed by atoms with E-state index < -0.39 is 46.2 Å². The van der Waals surface area contributed by atoms with Crippen molar-refractivity contribution in [3.05, 3.63) is 0 Å². The molecule has 0 atom stereocenters. The second kappa shape index (κ2) is 26.3. The van der Waals surface area contributed by atoms with Gasteiger partial charge in [-0.25, -0.2) is 0 Å². The lowest BCUT2D eigenvalue weighted by Crippen LogP contribution is -2.11. The van der Waals surface area contributed by atoms with Crippen molar-refractivity contribution in [3.8, 4) is 0 Å². The van der Waals surface area contributed by atoms with Gasteiger partial charge in [-0.3, -0.25) is 18.3 Å². The zero-order valence-electron chi connectivity index (χ0n) is 29.0. The van der Waals surface area contributed by atoms with E-state index in [2.05, 4.69) is 0 Å². The van der Waals surface area contributed by atoms with E-state index >= 15 is 0 Å². The highest BCUT2D eigenvalue weighted by molar-refractivity contribution is 7.63. The summed E-state index contributed by atoms with van der Waals surface area (Å²) in [5.74, 6) is 0. The molecule has 18 heteroatoms. The van der Waals surface area contributed by atoms with Crippen molar-refractivity contribution >= 4 is 46.2 Å². The monoisotopic (exact) mass is 764 g/mol. The normalized spacial score (nSPS) is 13.4. The summed E-state index contributed by atoms with van der Waals surface area (Å²) in [5, 5.41) is 0. The lowest BCUT2D eigenvalue weighted by atomic mass is 10.6. The summed E-state index contributed by atoms with van der Waals surface area (Å²) in [5.41, 5.74) is 0. The summed E-state index contributed by atoms with van der Waals surface area (Å²) in [6.07, 6.45) is 6.24. The Balaban J connectivity index is 5.82. The van der Waals surface area contributed by atoms with Crippen LogP contribution in [0.3, 0.4) is 0 Å². The Morgan fingerprint density at radius 1 is 0.333 bits per heavy atom. The van der Waals surface area contributed by atoms with E-state index in [4.69, 9.17) is 36.2 Å². The zero-order valence-corrected chi connectivity index (χ0v) is 34.4. The van der Waals surface area contributed by atoms with Gasteiger partial charge in [-0.15, -0.1) is 15.8 Å². The Labute approximate surface area is 276 Å². The van der Waals surface area contributed by atoms with Crippen LogP contribution in [0, 0.1) is 0 Å². The van der Waals surface area contributed by atoms with E-state index in [0.29, 0.717) is 102 Å². The van der Waals surface area contributed by atoms with Crippen molar-refractivity contribution in [2.24, 2.45) is 0 Å². The number of hydrogen-bond donors (Lipinski definition) is 0. The van der Waals surface area contributed by atoms with Gasteiger partial charge in [-0.2, -0.15) is 0 Å². The van der Waals surface area contributed by atoms with Crippen molar-refractivity contribution in [2.75, 3.05) is 114 Å². The van der Waals surface area contributed by atoms with E-state index in [1.54, 1.807) is 55.4 Å². The van der Waals surface area contributed by atoms with Crippen LogP contribution in [0.15, 0.2) is 0 Å². The molecule has 0 N–H and O–H groups in total. The first kappa shape index (κ1) is 46.5. The first-order valence-electron chi connectivity index (χ1n) is 16.3. The van der Waals surface area contributed by atoms with Crippen LogP contribution < -0.4 is 0 Å². The van der Waals surface area contributed by atoms with E-state index in [1.165, 1.54) is 0 Å². The maximum Gasteiger partial charge on any atom is 0.331 e. The van der Waals surface area contributed by atoms with E-state index in [-0.39, 0.29) is 0 Å². The minimum atomic E-state index is -3.23. The molecule has 0 aliphatic rings. The average molecular weight is 765 g/mol. The van der Waals surface area contributed by atoms with Crippen molar-refractivity contribution in [3.63, 3.8) is 0 Å². The quantitative estimate of drug-likeness (QED) is 0.0603. The van der Waals surface area contributed by atoms with Gasteiger partial charge >= 0.3 is 30.4 Å². The van der Waals surface area contributed by atoms with Gasteiger partial charge < -0.3 is 36.2 Å². The first-order chi connectivity index (χ1) is 21.3. The van der Waals surface area contributed by atoms with Gasteiger partial charge in [0.1, 0.15) is 0 Å². The molecule has 0 spiro atoms. The van der Waals surface area contributed by atoms with Gasteiger partial charge in [0.15, 0.2) is 0 Å². The summed E-state index contributed by atoms with van der Waals surface area (Å²) in [4.78, 5) is 0. The van der Waals surface area contributed by atoms with E-state index in [1.807, 2.05) is 0 Å². The van der Waals surface area contributed by atoms with Crippen molar-refractivity contribution in [1.82, 2.24) is 0 Å². The molecule has 0 fully saturated rings. The molecular weight excluding hydrogens is 702 g/mol. The summed E-state index contributed by atoms with van der Waals surface area (Å²) >= 11 is 0. The molecule has 0 aliphatic heterocycles. The molecule has 0 bridgehead atoms. The molecule has 0 aromatic carbocycles. The molecule has 0 aromatic heterocycles. The molecular formula is C27H62O12P6. The van der Waals surface area contributed by atoms with Gasteiger partial charge in [0.05, 0.1) is 77.5 Å². The van der Waals surface area contributed by atoms with Crippen LogP contribution in [0.5, 0.6) is 0 Å². The lowest BCUT2D eigenvalue weighted by molar-refractivity contribution is 0.220. The molecule has 0 radical (unpaired) electrons. The summed E-state index contributed by atoms with van der Waals surface area (Å²) < 4.78 is 97.2. The third-order valence-electron chi connectivity index (χ3n) is 6.32. The highest BCUT2D eigenvalue weighted by Crippen LogP contribution is 2.57. The van der Waals surface area contributed by atoms with Crippen molar-refractivity contribution in [1.29, 1.82) is 0 Å². The van der Waals surface area contributed by atoms with Crippen LogP contribution >= 0.6 is 46.2 Å². The fraction of sp³-hybridized carbons (Fsp3) is 1.00. The van der Waals surface area contributed by atoms with Gasteiger partial charge in [0.2, 0.25) is 0 Å². The summed E-state index contributed by atoms with van der Waals surface area (Å²) in [6.45, 7) is 16.7. The molecule has 0 saturated carbocycles. The van der Waals surface area contributed by atoms with Crippen LogP contribution in [0.25, 0.3) is 0 Å². The zero-order chi connectivity index (χ0) is 34.2. The maximum atomic E-state index is 13.2. The Bertz CT molecular complexity index is 760. The van der Waals surface area contributed by atoms with Crippen LogP contribution in [-0.4, -0.2) is 114 Å². The van der Waals surface area contributed by atoms with Gasteiger partial charge in [-0.05, 0) is 98.8 Å². The molecule has 0 aromatic rings. The highest BCUT2D eigenvalue weighted by Gasteiger charge is 2.30. The Morgan fingerprint density at radius 3 is 0.667 bits per heavy atom. The Hall–Kier alpha value is 1.46. The predicted molar refractivity (Wildman–Crippen MR) is 191 cm³/mol. The van der Waals surface area contributed by atoms with Crippen LogP contribution in [0.2, 0.25) is 0 Å². The first-order valence-corrected chi connectivity index (χ1v) is 27.0. The molecule has 0 aliphatic carbocycles. The molecule has 12 nitrogen and oxygen atoms in total. The average Bonchev–Trinajstić information content (AvgIpc) is 2.96. The smallest absolute Gasteiger partial charge is 0.309 e. The Kier molecular flexibility index (Phi) is 27.1. The largest absolute Gasteiger partial charge is 0.331 e. The number of hydrogen-bond acceptors (Lipinski definition) is 12. The van der Waals surface area contributed by atoms with E-state index in [9.17, 15) is 18.3 Å². The highest BCUT2D eigenvalue weighted by atomic mass is 31.2. The van der Waals surface area contributed by atoms with Crippen LogP contribution in [-0.2, 0) is 54.5 Å². The minimum Gasteiger partial charge on any atom is -0.309 e. The summed E-state index contributed by atoms with van der Waals surface area (Å²) in [6, 6.07) is 0. The molecule has 0 unspecified atom stereocenters. The van der Waals surface area contributed by atoms with Gasteiger partial charge in [0, 0.05) is 0 Å². The van der Waals surface area contributed by atoms with Gasteiger partial charge in [0.25, 0.3) is 0 Å². The fourth-order valence-electron chi connectivity index (χ4n) is 4.48. The lowest BCUT2D eigenvalue weighted by Gasteiger charge is -2.26. The van der Waals surface area contributed by atoms with Crippen molar-refractivity contribution in [2.45, 2.75) is 61.8 Å². The van der Waals surface area contributed by atoms with Crippen LogP contribution in [0.1, 0.15) is 61.8 Å². The number of rotatable bonds is 32. The topological polar surface area (TPSA) is 142 Å². The SMILES string of the molecule is CCOP(=O)(CCP(CCCP(CCP(=O)(OCC)OCC)CCP(=O)(OCC)OCC)CCP(=O)(OCC)OCC)OCC. The standard InChI is InChI=1S/C27H62O12P6/c1-9-32-42(28,33-10-2)24-20-40(21-25-43(29,34-11-3)35-12-4)18-17-19-41(22-26-44(30,36-13-5)37-14-6)23-27-45(31,38-15-7)39-16-8/h9-27H2,1-8H3. The maximum absolute atomic E-state index is 13.2. The van der Waals surface area contributed by atoms with E-state index in [0.717, 1.165) is 18.7 Å².